The number of aliphatic hydroxyl groups is 1. The van der Waals surface area contributed by atoms with Crippen molar-refractivity contribution in [2.24, 2.45) is 5.92 Å². The van der Waals surface area contributed by atoms with Gasteiger partial charge in [0.05, 0.1) is 12.0 Å². The molecule has 1 saturated carbocycles. The molecule has 1 aliphatic heterocycles. The maximum absolute atomic E-state index is 11.9. The van der Waals surface area contributed by atoms with E-state index in [0.717, 1.165) is 51.6 Å². The van der Waals surface area contributed by atoms with Crippen molar-refractivity contribution in [3.8, 4) is 0 Å². The minimum absolute atomic E-state index is 0.132. The molecule has 0 radical (unpaired) electrons. The molecule has 4 heteroatoms. The van der Waals surface area contributed by atoms with E-state index < -0.39 is 0 Å². The van der Waals surface area contributed by atoms with E-state index in [1.807, 2.05) is 0 Å². The number of aliphatic hydroxyl groups excluding tert-OH is 1. The second kappa shape index (κ2) is 5.64. The van der Waals surface area contributed by atoms with Gasteiger partial charge in [0.15, 0.2) is 0 Å². The van der Waals surface area contributed by atoms with Crippen molar-refractivity contribution in [3.63, 3.8) is 0 Å². The van der Waals surface area contributed by atoms with E-state index in [4.69, 9.17) is 0 Å². The van der Waals surface area contributed by atoms with Crippen LogP contribution in [-0.2, 0) is 4.79 Å². The molecule has 3 atom stereocenters. The maximum atomic E-state index is 11.9. The van der Waals surface area contributed by atoms with Gasteiger partial charge in [0.1, 0.15) is 0 Å². The van der Waals surface area contributed by atoms with E-state index in [2.05, 4.69) is 10.6 Å². The Morgan fingerprint density at radius 2 is 2.12 bits per heavy atom. The van der Waals surface area contributed by atoms with Crippen LogP contribution >= 0.6 is 0 Å². The summed E-state index contributed by atoms with van der Waals surface area (Å²) in [6.45, 7) is 1.84. The fourth-order valence-electron chi connectivity index (χ4n) is 2.69. The van der Waals surface area contributed by atoms with E-state index in [1.54, 1.807) is 0 Å². The lowest BCUT2D eigenvalue weighted by atomic mass is 9.91. The second-order valence-corrected chi connectivity index (χ2v) is 5.07. The van der Waals surface area contributed by atoms with Gasteiger partial charge in [-0.25, -0.2) is 0 Å². The number of hydrogen-bond acceptors (Lipinski definition) is 3. The molecule has 0 aromatic rings. The molecule has 0 unspecified atom stereocenters. The molecule has 2 fully saturated rings. The van der Waals surface area contributed by atoms with Crippen molar-refractivity contribution in [2.75, 3.05) is 13.1 Å². The number of nitrogens with one attached hydrogen (secondary N) is 2. The third kappa shape index (κ3) is 3.19. The fraction of sp³-hybridized carbons (Fsp3) is 0.917. The molecule has 0 aromatic heterocycles. The Bertz CT molecular complexity index is 239. The Hall–Kier alpha value is -0.610. The van der Waals surface area contributed by atoms with Crippen molar-refractivity contribution in [3.05, 3.63) is 0 Å². The van der Waals surface area contributed by atoms with E-state index in [1.165, 1.54) is 0 Å². The summed E-state index contributed by atoms with van der Waals surface area (Å²) in [6.07, 6.45) is 5.52. The molecule has 1 saturated heterocycles. The first-order valence-electron chi connectivity index (χ1n) is 6.45. The average Bonchev–Trinajstić information content (AvgIpc) is 2.30. The van der Waals surface area contributed by atoms with E-state index >= 15 is 0 Å². The normalized spacial score (nSPS) is 35.7. The number of carbonyl (C=O) groups excluding carboxylic acids is 1. The number of hydrogen-bond donors (Lipinski definition) is 3. The van der Waals surface area contributed by atoms with Gasteiger partial charge >= 0.3 is 0 Å². The average molecular weight is 226 g/mol. The fourth-order valence-corrected chi connectivity index (χ4v) is 2.69. The lowest BCUT2D eigenvalue weighted by Crippen LogP contribution is -2.46. The predicted octanol–water partition coefficient (Wildman–Crippen LogP) is 0.406. The summed E-state index contributed by atoms with van der Waals surface area (Å²) in [5.74, 6) is 0.305. The topological polar surface area (TPSA) is 61.4 Å². The standard InChI is InChI=1S/C12H22N2O2/c15-11-5-1-4-10(7-11)14-12(16)9-3-2-6-13-8-9/h9-11,13,15H,1-8H2,(H,14,16)/t9-,10-,11-/m1/s1. The maximum Gasteiger partial charge on any atom is 0.224 e. The van der Waals surface area contributed by atoms with Crippen molar-refractivity contribution in [1.29, 1.82) is 0 Å². The van der Waals surface area contributed by atoms with Crippen LogP contribution < -0.4 is 10.6 Å². The van der Waals surface area contributed by atoms with Gasteiger partial charge in [0, 0.05) is 12.6 Å². The molecule has 0 spiro atoms. The molecule has 92 valence electrons. The van der Waals surface area contributed by atoms with Gasteiger partial charge in [-0.2, -0.15) is 0 Å². The highest BCUT2D eigenvalue weighted by atomic mass is 16.3. The summed E-state index contributed by atoms with van der Waals surface area (Å²) in [7, 11) is 0. The molecule has 0 aromatic carbocycles. The van der Waals surface area contributed by atoms with Crippen molar-refractivity contribution < 1.29 is 9.90 Å². The summed E-state index contributed by atoms with van der Waals surface area (Å²) in [6, 6.07) is 0.193. The molecular weight excluding hydrogens is 204 g/mol. The minimum atomic E-state index is -0.219. The summed E-state index contributed by atoms with van der Waals surface area (Å²) in [5, 5.41) is 15.9. The Labute approximate surface area is 96.8 Å². The van der Waals surface area contributed by atoms with Crippen LogP contribution in [0.3, 0.4) is 0 Å². The molecule has 4 nitrogen and oxygen atoms in total. The molecule has 3 N–H and O–H groups in total. The molecular formula is C12H22N2O2. The molecule has 1 heterocycles. The number of amides is 1. The smallest absolute Gasteiger partial charge is 0.224 e. The zero-order valence-corrected chi connectivity index (χ0v) is 9.74. The molecule has 0 bridgehead atoms. The molecule has 2 rings (SSSR count). The van der Waals surface area contributed by atoms with Crippen LogP contribution in [0.2, 0.25) is 0 Å². The largest absolute Gasteiger partial charge is 0.393 e. The zero-order chi connectivity index (χ0) is 11.4. The van der Waals surface area contributed by atoms with Crippen LogP contribution in [0, 0.1) is 5.92 Å². The van der Waals surface area contributed by atoms with Gasteiger partial charge in [-0.1, -0.05) is 0 Å². The first-order valence-corrected chi connectivity index (χ1v) is 6.45. The van der Waals surface area contributed by atoms with Gasteiger partial charge in [0.2, 0.25) is 5.91 Å². The number of carbonyl (C=O) groups is 1. The van der Waals surface area contributed by atoms with Gasteiger partial charge in [-0.05, 0) is 45.1 Å². The van der Waals surface area contributed by atoms with E-state index in [0.29, 0.717) is 0 Å². The lowest BCUT2D eigenvalue weighted by Gasteiger charge is -2.29. The van der Waals surface area contributed by atoms with Crippen LogP contribution in [0.1, 0.15) is 38.5 Å². The van der Waals surface area contributed by atoms with E-state index in [-0.39, 0.29) is 24.0 Å². The SMILES string of the molecule is O=C(N[C@@H]1CCC[C@@H](O)C1)[C@@H]1CCCNC1. The van der Waals surface area contributed by atoms with Crippen LogP contribution in [-0.4, -0.2) is 36.2 Å². The highest BCUT2D eigenvalue weighted by Crippen LogP contribution is 2.19. The summed E-state index contributed by atoms with van der Waals surface area (Å²) >= 11 is 0. The molecule has 1 aliphatic carbocycles. The number of rotatable bonds is 2. The number of piperidine rings is 1. The van der Waals surface area contributed by atoms with Crippen molar-refractivity contribution >= 4 is 5.91 Å². The van der Waals surface area contributed by atoms with Crippen LogP contribution in [0.5, 0.6) is 0 Å². The van der Waals surface area contributed by atoms with Crippen LogP contribution in [0.4, 0.5) is 0 Å². The quantitative estimate of drug-likeness (QED) is 0.639. The summed E-state index contributed by atoms with van der Waals surface area (Å²) in [5.41, 5.74) is 0. The van der Waals surface area contributed by atoms with E-state index in [9.17, 15) is 9.90 Å². The Morgan fingerprint density at radius 1 is 1.25 bits per heavy atom. The predicted molar refractivity (Wildman–Crippen MR) is 62.0 cm³/mol. The van der Waals surface area contributed by atoms with Crippen molar-refractivity contribution in [2.45, 2.75) is 50.7 Å². The first-order chi connectivity index (χ1) is 7.75. The third-order valence-corrected chi connectivity index (χ3v) is 3.66. The Balaban J connectivity index is 1.77. The highest BCUT2D eigenvalue weighted by molar-refractivity contribution is 5.79. The van der Waals surface area contributed by atoms with Crippen LogP contribution in [0.15, 0.2) is 0 Å². The monoisotopic (exact) mass is 226 g/mol. The van der Waals surface area contributed by atoms with Gasteiger partial charge in [-0.3, -0.25) is 4.79 Å². The van der Waals surface area contributed by atoms with Crippen molar-refractivity contribution in [1.82, 2.24) is 10.6 Å². The van der Waals surface area contributed by atoms with Crippen LogP contribution in [0.25, 0.3) is 0 Å². The van der Waals surface area contributed by atoms with Gasteiger partial charge < -0.3 is 15.7 Å². The first kappa shape index (κ1) is 11.9. The molecule has 2 aliphatic rings. The summed E-state index contributed by atoms with van der Waals surface area (Å²) < 4.78 is 0. The van der Waals surface area contributed by atoms with Gasteiger partial charge in [0.25, 0.3) is 0 Å². The Kier molecular flexibility index (Phi) is 4.18. The second-order valence-electron chi connectivity index (χ2n) is 5.07. The third-order valence-electron chi connectivity index (χ3n) is 3.66. The van der Waals surface area contributed by atoms with Gasteiger partial charge in [-0.15, -0.1) is 0 Å². The zero-order valence-electron chi connectivity index (χ0n) is 9.74. The molecule has 16 heavy (non-hydrogen) atoms. The minimum Gasteiger partial charge on any atom is -0.393 e. The lowest BCUT2D eigenvalue weighted by molar-refractivity contribution is -0.126. The highest BCUT2D eigenvalue weighted by Gasteiger charge is 2.26. The Morgan fingerprint density at radius 3 is 2.81 bits per heavy atom. The molecule has 1 amide bonds. The summed E-state index contributed by atoms with van der Waals surface area (Å²) in [4.78, 5) is 11.9.